The zero-order valence-electron chi connectivity index (χ0n) is 21.8. The molecule has 0 radical (unpaired) electrons. The van der Waals surface area contributed by atoms with Gasteiger partial charge >= 0.3 is 0 Å². The molecule has 1 fully saturated rings. The summed E-state index contributed by atoms with van der Waals surface area (Å²) in [6.45, 7) is 2.41. The van der Waals surface area contributed by atoms with Gasteiger partial charge in [0.25, 0.3) is 0 Å². The van der Waals surface area contributed by atoms with Gasteiger partial charge in [-0.15, -0.1) is 0 Å². The molecule has 0 aromatic heterocycles. The molecule has 1 aliphatic rings. The number of carbonyl (C=O) groups is 1. The molecule has 1 atom stereocenters. The third-order valence-electron chi connectivity index (χ3n) is 7.15. The normalized spacial score (nSPS) is 15.3. The van der Waals surface area contributed by atoms with Gasteiger partial charge in [-0.05, 0) is 35.2 Å². The largest absolute Gasteiger partial charge is 0.339 e. The van der Waals surface area contributed by atoms with E-state index in [0.717, 1.165) is 5.56 Å². The van der Waals surface area contributed by atoms with Gasteiger partial charge in [-0.25, -0.2) is 8.42 Å². The fraction of sp³-hybridized carbons (Fsp3) is 0.219. The van der Waals surface area contributed by atoms with E-state index in [-0.39, 0.29) is 23.3 Å². The van der Waals surface area contributed by atoms with E-state index in [4.69, 9.17) is 0 Å². The quantitative estimate of drug-likeness (QED) is 0.340. The maximum atomic E-state index is 13.8. The molecule has 0 spiro atoms. The van der Waals surface area contributed by atoms with Crippen molar-refractivity contribution in [1.29, 1.82) is 0 Å². The van der Waals surface area contributed by atoms with Gasteiger partial charge in [0, 0.05) is 26.2 Å². The van der Waals surface area contributed by atoms with Gasteiger partial charge in [0.05, 0.1) is 10.9 Å². The van der Waals surface area contributed by atoms with Gasteiger partial charge < -0.3 is 4.90 Å². The van der Waals surface area contributed by atoms with Gasteiger partial charge in [0.2, 0.25) is 15.9 Å². The van der Waals surface area contributed by atoms with Crippen LogP contribution >= 0.6 is 0 Å². The third kappa shape index (κ3) is 6.63. The summed E-state index contributed by atoms with van der Waals surface area (Å²) in [5.41, 5.74) is 3.32. The fourth-order valence-electron chi connectivity index (χ4n) is 5.19. The number of nitrogens with zero attached hydrogens (tertiary/aromatic N) is 2. The molecule has 1 saturated heterocycles. The maximum absolute atomic E-state index is 13.8. The van der Waals surface area contributed by atoms with Gasteiger partial charge in [-0.1, -0.05) is 109 Å². The van der Waals surface area contributed by atoms with Crippen molar-refractivity contribution in [2.75, 3.05) is 26.2 Å². The van der Waals surface area contributed by atoms with Crippen LogP contribution in [0.1, 0.15) is 22.7 Å². The molecular weight excluding hydrogens is 506 g/mol. The fourth-order valence-corrected chi connectivity index (χ4v) is 6.40. The van der Waals surface area contributed by atoms with Gasteiger partial charge in [0.15, 0.2) is 0 Å². The van der Waals surface area contributed by atoms with E-state index < -0.39 is 16.1 Å². The highest BCUT2D eigenvalue weighted by molar-refractivity contribution is 7.89. The Morgan fingerprint density at radius 2 is 1.13 bits per heavy atom. The van der Waals surface area contributed by atoms with Gasteiger partial charge in [-0.2, -0.15) is 4.72 Å². The van der Waals surface area contributed by atoms with Crippen LogP contribution < -0.4 is 4.72 Å². The number of amides is 1. The molecule has 1 N–H and O–H groups in total. The van der Waals surface area contributed by atoms with Crippen molar-refractivity contribution in [2.24, 2.45) is 0 Å². The smallest absolute Gasteiger partial charge is 0.241 e. The lowest BCUT2D eigenvalue weighted by Gasteiger charge is -2.40. The third-order valence-corrected chi connectivity index (χ3v) is 8.64. The van der Waals surface area contributed by atoms with Crippen molar-refractivity contribution in [1.82, 2.24) is 14.5 Å². The molecule has 7 heteroatoms. The van der Waals surface area contributed by atoms with E-state index >= 15 is 0 Å². The van der Waals surface area contributed by atoms with E-state index in [9.17, 15) is 13.2 Å². The monoisotopic (exact) mass is 539 g/mol. The van der Waals surface area contributed by atoms with Crippen LogP contribution in [0.2, 0.25) is 0 Å². The first kappa shape index (κ1) is 26.8. The Morgan fingerprint density at radius 3 is 1.64 bits per heavy atom. The van der Waals surface area contributed by atoms with Gasteiger partial charge in [-0.3, -0.25) is 9.69 Å². The molecule has 0 bridgehead atoms. The Bertz CT molecular complexity index is 1400. The zero-order valence-corrected chi connectivity index (χ0v) is 22.6. The summed E-state index contributed by atoms with van der Waals surface area (Å²) in [6.07, 6.45) is 0.280. The Morgan fingerprint density at radius 1 is 0.667 bits per heavy atom. The molecular formula is C32H33N3O3S. The molecule has 0 unspecified atom stereocenters. The van der Waals surface area contributed by atoms with Crippen LogP contribution in [0.25, 0.3) is 0 Å². The Labute approximate surface area is 231 Å². The molecule has 39 heavy (non-hydrogen) atoms. The summed E-state index contributed by atoms with van der Waals surface area (Å²) in [4.78, 5) is 18.1. The van der Waals surface area contributed by atoms with Crippen LogP contribution in [-0.4, -0.2) is 56.3 Å². The number of rotatable bonds is 9. The lowest BCUT2D eigenvalue weighted by Crippen LogP contribution is -2.56. The predicted octanol–water partition coefficient (Wildman–Crippen LogP) is 4.51. The maximum Gasteiger partial charge on any atom is 0.241 e. The van der Waals surface area contributed by atoms with Crippen LogP contribution in [0.5, 0.6) is 0 Å². The zero-order chi connectivity index (χ0) is 27.1. The molecule has 5 rings (SSSR count). The van der Waals surface area contributed by atoms with Gasteiger partial charge in [0.1, 0.15) is 6.04 Å². The second kappa shape index (κ2) is 12.4. The minimum atomic E-state index is -3.87. The summed E-state index contributed by atoms with van der Waals surface area (Å²) < 4.78 is 29.1. The minimum Gasteiger partial charge on any atom is -0.339 e. The second-order valence-corrected chi connectivity index (χ2v) is 11.5. The topological polar surface area (TPSA) is 69.7 Å². The number of nitrogens with one attached hydrogen (secondary N) is 1. The number of sulfonamides is 1. The average Bonchev–Trinajstić information content (AvgIpc) is 2.99. The lowest BCUT2D eigenvalue weighted by molar-refractivity contribution is -0.135. The van der Waals surface area contributed by atoms with Crippen LogP contribution in [-0.2, 0) is 21.2 Å². The van der Waals surface area contributed by atoms with E-state index in [1.807, 2.05) is 42.5 Å². The SMILES string of the molecule is O=C([C@@H](Cc1ccccc1)NS(=O)(=O)c1ccccc1)N1CCN(C(c2ccccc2)c2ccccc2)CC1. The summed E-state index contributed by atoms with van der Waals surface area (Å²) in [5.74, 6) is -0.200. The number of hydrogen-bond donors (Lipinski definition) is 1. The van der Waals surface area contributed by atoms with Crippen LogP contribution in [0.4, 0.5) is 0 Å². The highest BCUT2D eigenvalue weighted by atomic mass is 32.2. The Hall–Kier alpha value is -3.78. The van der Waals surface area contributed by atoms with E-state index in [0.29, 0.717) is 26.2 Å². The highest BCUT2D eigenvalue weighted by Crippen LogP contribution is 2.29. The summed E-state index contributed by atoms with van der Waals surface area (Å²) >= 11 is 0. The first-order valence-electron chi connectivity index (χ1n) is 13.3. The molecule has 200 valence electrons. The lowest BCUT2D eigenvalue weighted by atomic mass is 9.96. The Kier molecular flexibility index (Phi) is 8.51. The molecule has 6 nitrogen and oxygen atoms in total. The van der Waals surface area contributed by atoms with Crippen molar-refractivity contribution >= 4 is 15.9 Å². The first-order valence-corrected chi connectivity index (χ1v) is 14.7. The predicted molar refractivity (Wildman–Crippen MR) is 154 cm³/mol. The van der Waals surface area contributed by atoms with Crippen molar-refractivity contribution < 1.29 is 13.2 Å². The molecule has 1 heterocycles. The summed E-state index contributed by atoms with van der Waals surface area (Å²) in [5, 5.41) is 0. The van der Waals surface area contributed by atoms with Crippen molar-refractivity contribution in [3.63, 3.8) is 0 Å². The second-order valence-electron chi connectivity index (χ2n) is 9.76. The van der Waals surface area contributed by atoms with Crippen LogP contribution in [0.15, 0.2) is 126 Å². The van der Waals surface area contributed by atoms with E-state index in [2.05, 4.69) is 58.2 Å². The van der Waals surface area contributed by atoms with Crippen molar-refractivity contribution in [3.8, 4) is 0 Å². The molecule has 4 aromatic rings. The Balaban J connectivity index is 1.34. The van der Waals surface area contributed by atoms with Crippen LogP contribution in [0, 0.1) is 0 Å². The van der Waals surface area contributed by atoms with Crippen molar-refractivity contribution in [2.45, 2.75) is 23.4 Å². The highest BCUT2D eigenvalue weighted by Gasteiger charge is 2.33. The summed E-state index contributed by atoms with van der Waals surface area (Å²) in [6, 6.07) is 37.7. The minimum absolute atomic E-state index is 0.0846. The molecule has 1 aliphatic heterocycles. The standard InChI is InChI=1S/C32H33N3O3S/c36-32(30(25-26-13-5-1-6-14-26)33-39(37,38)29-19-11-4-12-20-29)35-23-21-34(22-24-35)31(27-15-7-2-8-16-27)28-17-9-3-10-18-28/h1-20,30-31,33H,21-25H2/t30-/m1/s1. The number of carbonyl (C=O) groups excluding carboxylic acids is 1. The number of piperazine rings is 1. The number of hydrogen-bond acceptors (Lipinski definition) is 4. The molecule has 1 amide bonds. The molecule has 0 aliphatic carbocycles. The average molecular weight is 540 g/mol. The van der Waals surface area contributed by atoms with Crippen LogP contribution in [0.3, 0.4) is 0 Å². The van der Waals surface area contributed by atoms with Crippen molar-refractivity contribution in [3.05, 3.63) is 138 Å². The summed E-state index contributed by atoms with van der Waals surface area (Å²) in [7, 11) is -3.87. The molecule has 4 aromatic carbocycles. The van der Waals surface area contributed by atoms with E-state index in [1.165, 1.54) is 11.1 Å². The molecule has 0 saturated carbocycles. The number of benzene rings is 4. The van der Waals surface area contributed by atoms with E-state index in [1.54, 1.807) is 35.2 Å². The first-order chi connectivity index (χ1) is 19.0.